The molecule has 5 nitrogen and oxygen atoms in total. The van der Waals surface area contributed by atoms with Crippen LogP contribution >= 0.6 is 0 Å². The number of hydrogen-bond acceptors (Lipinski definition) is 3. The van der Waals surface area contributed by atoms with Gasteiger partial charge in [0.2, 0.25) is 11.8 Å². The van der Waals surface area contributed by atoms with Gasteiger partial charge in [-0.05, 0) is 18.8 Å². The first kappa shape index (κ1) is 13.0. The van der Waals surface area contributed by atoms with Crippen LogP contribution in [0.25, 0.3) is 0 Å². The monoisotopic (exact) mass is 227 g/mol. The highest BCUT2D eigenvalue weighted by Crippen LogP contribution is 2.22. The smallest absolute Gasteiger partial charge is 0.240 e. The van der Waals surface area contributed by atoms with E-state index in [1.54, 1.807) is 4.90 Å². The molecule has 1 fully saturated rings. The van der Waals surface area contributed by atoms with Gasteiger partial charge in [-0.3, -0.25) is 9.59 Å². The Bertz CT molecular complexity index is 278. The Balaban J connectivity index is 2.75. The zero-order valence-corrected chi connectivity index (χ0v) is 9.98. The van der Waals surface area contributed by atoms with Crippen molar-refractivity contribution in [2.45, 2.75) is 32.7 Å². The van der Waals surface area contributed by atoms with Crippen LogP contribution in [0.1, 0.15) is 26.7 Å². The summed E-state index contributed by atoms with van der Waals surface area (Å²) in [6.45, 7) is 4.86. The standard InChI is InChI=1S/C11H21N3O2/c1-7(2)8(6-12)11(16)14-5-3-4-9(14)10(13)15/h7-9H,3-6,12H2,1-2H3,(H2,13,15). The fraction of sp³-hybridized carbons (Fsp3) is 0.818. The van der Waals surface area contributed by atoms with Crippen LogP contribution in [0.5, 0.6) is 0 Å². The van der Waals surface area contributed by atoms with Gasteiger partial charge in [-0.1, -0.05) is 13.8 Å². The number of amides is 2. The summed E-state index contributed by atoms with van der Waals surface area (Å²) in [5, 5.41) is 0. The number of hydrogen-bond donors (Lipinski definition) is 2. The van der Waals surface area contributed by atoms with Crippen LogP contribution in [0.15, 0.2) is 0 Å². The van der Waals surface area contributed by atoms with Gasteiger partial charge in [0.05, 0.1) is 5.92 Å². The topological polar surface area (TPSA) is 89.4 Å². The summed E-state index contributed by atoms with van der Waals surface area (Å²) < 4.78 is 0. The SMILES string of the molecule is CC(C)C(CN)C(=O)N1CCCC1C(N)=O. The third kappa shape index (κ3) is 2.52. The molecule has 0 radical (unpaired) electrons. The number of carbonyl (C=O) groups excluding carboxylic acids is 2. The van der Waals surface area contributed by atoms with Gasteiger partial charge < -0.3 is 16.4 Å². The minimum absolute atomic E-state index is 0.0289. The van der Waals surface area contributed by atoms with Crippen molar-refractivity contribution >= 4 is 11.8 Å². The number of nitrogens with zero attached hydrogens (tertiary/aromatic N) is 1. The summed E-state index contributed by atoms with van der Waals surface area (Å²) in [6.07, 6.45) is 1.52. The Labute approximate surface area is 96.1 Å². The third-order valence-corrected chi connectivity index (χ3v) is 3.24. The van der Waals surface area contributed by atoms with Crippen molar-refractivity contribution in [2.75, 3.05) is 13.1 Å². The Morgan fingerprint density at radius 2 is 2.06 bits per heavy atom. The highest BCUT2D eigenvalue weighted by Gasteiger charge is 2.36. The lowest BCUT2D eigenvalue weighted by atomic mass is 9.94. The van der Waals surface area contributed by atoms with E-state index in [4.69, 9.17) is 11.5 Å². The molecular formula is C11H21N3O2. The Hall–Kier alpha value is -1.10. The van der Waals surface area contributed by atoms with Gasteiger partial charge in [0, 0.05) is 13.1 Å². The first-order valence-corrected chi connectivity index (χ1v) is 5.79. The molecule has 2 unspecified atom stereocenters. The zero-order valence-electron chi connectivity index (χ0n) is 9.98. The third-order valence-electron chi connectivity index (χ3n) is 3.24. The molecule has 0 aliphatic carbocycles. The lowest BCUT2D eigenvalue weighted by Gasteiger charge is -2.28. The maximum absolute atomic E-state index is 12.2. The second-order valence-electron chi connectivity index (χ2n) is 4.68. The molecule has 0 spiro atoms. The Morgan fingerprint density at radius 1 is 1.44 bits per heavy atom. The van der Waals surface area contributed by atoms with Crippen molar-refractivity contribution in [2.24, 2.45) is 23.3 Å². The zero-order chi connectivity index (χ0) is 12.3. The molecule has 1 aliphatic rings. The van der Waals surface area contributed by atoms with Gasteiger partial charge in [-0.25, -0.2) is 0 Å². The minimum atomic E-state index is -0.430. The molecule has 0 aromatic heterocycles. The highest BCUT2D eigenvalue weighted by atomic mass is 16.2. The summed E-state index contributed by atoms with van der Waals surface area (Å²) in [5.41, 5.74) is 10.9. The van der Waals surface area contributed by atoms with E-state index in [0.29, 0.717) is 19.5 Å². The van der Waals surface area contributed by atoms with E-state index in [2.05, 4.69) is 0 Å². The number of carbonyl (C=O) groups is 2. The van der Waals surface area contributed by atoms with Crippen molar-refractivity contribution in [3.63, 3.8) is 0 Å². The van der Waals surface area contributed by atoms with Gasteiger partial charge in [0.25, 0.3) is 0 Å². The molecule has 5 heteroatoms. The van der Waals surface area contributed by atoms with Crippen LogP contribution in [0.3, 0.4) is 0 Å². The fourth-order valence-electron chi connectivity index (χ4n) is 2.20. The summed E-state index contributed by atoms with van der Waals surface area (Å²) in [6, 6.07) is -0.430. The lowest BCUT2D eigenvalue weighted by molar-refractivity contribution is -0.141. The van der Waals surface area contributed by atoms with Crippen molar-refractivity contribution < 1.29 is 9.59 Å². The second kappa shape index (κ2) is 5.30. The molecule has 2 atom stereocenters. The summed E-state index contributed by atoms with van der Waals surface area (Å²) in [7, 11) is 0. The van der Waals surface area contributed by atoms with Gasteiger partial charge in [0.1, 0.15) is 6.04 Å². The van der Waals surface area contributed by atoms with Crippen LogP contribution in [0.4, 0.5) is 0 Å². The number of primary amides is 1. The summed E-state index contributed by atoms with van der Waals surface area (Å²) in [4.78, 5) is 25.0. The van der Waals surface area contributed by atoms with Crippen molar-refractivity contribution in [3.8, 4) is 0 Å². The molecule has 2 amide bonds. The maximum Gasteiger partial charge on any atom is 0.240 e. The summed E-state index contributed by atoms with van der Waals surface area (Å²) >= 11 is 0. The van der Waals surface area contributed by atoms with E-state index in [9.17, 15) is 9.59 Å². The van der Waals surface area contributed by atoms with Crippen molar-refractivity contribution in [1.29, 1.82) is 0 Å². The molecule has 1 saturated heterocycles. The van der Waals surface area contributed by atoms with Gasteiger partial charge in [-0.15, -0.1) is 0 Å². The van der Waals surface area contributed by atoms with E-state index < -0.39 is 11.9 Å². The van der Waals surface area contributed by atoms with Crippen LogP contribution in [0, 0.1) is 11.8 Å². The Kier molecular flexibility index (Phi) is 4.29. The molecule has 4 N–H and O–H groups in total. The second-order valence-corrected chi connectivity index (χ2v) is 4.68. The van der Waals surface area contributed by atoms with E-state index >= 15 is 0 Å². The van der Waals surface area contributed by atoms with Crippen LogP contribution in [-0.4, -0.2) is 35.8 Å². The largest absolute Gasteiger partial charge is 0.368 e. The lowest BCUT2D eigenvalue weighted by Crippen LogP contribution is -2.48. The molecular weight excluding hydrogens is 206 g/mol. The molecule has 1 rings (SSSR count). The average Bonchev–Trinajstić information content (AvgIpc) is 2.65. The number of nitrogens with two attached hydrogens (primary N) is 2. The molecule has 1 heterocycles. The van der Waals surface area contributed by atoms with Crippen LogP contribution < -0.4 is 11.5 Å². The molecule has 0 aromatic rings. The summed E-state index contributed by atoms with van der Waals surface area (Å²) in [5.74, 6) is -0.462. The van der Waals surface area contributed by atoms with E-state index in [-0.39, 0.29) is 17.7 Å². The normalized spacial score (nSPS) is 22.5. The van der Waals surface area contributed by atoms with E-state index in [1.165, 1.54) is 0 Å². The van der Waals surface area contributed by atoms with E-state index in [0.717, 1.165) is 6.42 Å². The molecule has 92 valence electrons. The highest BCUT2D eigenvalue weighted by molar-refractivity contribution is 5.88. The van der Waals surface area contributed by atoms with E-state index in [1.807, 2.05) is 13.8 Å². The molecule has 1 aliphatic heterocycles. The Morgan fingerprint density at radius 3 is 2.50 bits per heavy atom. The molecule has 0 aromatic carbocycles. The van der Waals surface area contributed by atoms with Crippen LogP contribution in [-0.2, 0) is 9.59 Å². The minimum Gasteiger partial charge on any atom is -0.368 e. The molecule has 0 bridgehead atoms. The molecule has 16 heavy (non-hydrogen) atoms. The number of rotatable bonds is 4. The van der Waals surface area contributed by atoms with Crippen LogP contribution in [0.2, 0.25) is 0 Å². The predicted molar refractivity (Wildman–Crippen MR) is 61.3 cm³/mol. The quantitative estimate of drug-likeness (QED) is 0.690. The number of likely N-dealkylation sites (tertiary alicyclic amines) is 1. The molecule has 0 saturated carbocycles. The van der Waals surface area contributed by atoms with Crippen molar-refractivity contribution in [3.05, 3.63) is 0 Å². The van der Waals surface area contributed by atoms with Gasteiger partial charge >= 0.3 is 0 Å². The maximum atomic E-state index is 12.2. The average molecular weight is 227 g/mol. The van der Waals surface area contributed by atoms with Gasteiger partial charge in [0.15, 0.2) is 0 Å². The predicted octanol–water partition coefficient (Wildman–Crippen LogP) is -0.306. The first-order chi connectivity index (χ1) is 7.49. The van der Waals surface area contributed by atoms with Gasteiger partial charge in [-0.2, -0.15) is 0 Å². The first-order valence-electron chi connectivity index (χ1n) is 5.79. The van der Waals surface area contributed by atoms with Crippen molar-refractivity contribution in [1.82, 2.24) is 4.90 Å². The fourth-order valence-corrected chi connectivity index (χ4v) is 2.20.